The summed E-state index contributed by atoms with van der Waals surface area (Å²) in [6.07, 6.45) is 3.77. The summed E-state index contributed by atoms with van der Waals surface area (Å²) < 4.78 is 2.07. The minimum absolute atomic E-state index is 0.831. The molecule has 0 amide bonds. The third-order valence-corrected chi connectivity index (χ3v) is 4.33. The largest absolute Gasteiger partial charge is 0.356 e. The molecule has 6 nitrogen and oxygen atoms in total. The van der Waals surface area contributed by atoms with Crippen molar-refractivity contribution >= 4 is 5.96 Å². The maximum atomic E-state index is 4.49. The Labute approximate surface area is 140 Å². The Balaban J connectivity index is 1.60. The van der Waals surface area contributed by atoms with Gasteiger partial charge in [0, 0.05) is 45.0 Å². The van der Waals surface area contributed by atoms with Crippen LogP contribution in [0.5, 0.6) is 0 Å². The van der Waals surface area contributed by atoms with Gasteiger partial charge in [-0.2, -0.15) is 5.10 Å². The lowest BCUT2D eigenvalue weighted by Crippen LogP contribution is -2.42. The molecular formula is C17H32N6. The first-order valence-corrected chi connectivity index (χ1v) is 8.83. The van der Waals surface area contributed by atoms with Crippen molar-refractivity contribution < 1.29 is 0 Å². The highest BCUT2D eigenvalue weighted by Crippen LogP contribution is 2.25. The SMILES string of the molecule is CCN(CCNC(=NC)NCCCn1nc(C)cc1C)C1CC1. The molecule has 0 saturated heterocycles. The van der Waals surface area contributed by atoms with Gasteiger partial charge in [-0.05, 0) is 45.7 Å². The van der Waals surface area contributed by atoms with Crippen LogP contribution in [0.25, 0.3) is 0 Å². The molecule has 1 aromatic rings. The van der Waals surface area contributed by atoms with Crippen molar-refractivity contribution in [1.29, 1.82) is 0 Å². The molecule has 1 aromatic heterocycles. The molecule has 0 atom stereocenters. The number of rotatable bonds is 9. The van der Waals surface area contributed by atoms with Gasteiger partial charge < -0.3 is 10.6 Å². The highest BCUT2D eigenvalue weighted by atomic mass is 15.3. The molecule has 1 aliphatic carbocycles. The van der Waals surface area contributed by atoms with Gasteiger partial charge in [0.1, 0.15) is 0 Å². The second-order valence-electron chi connectivity index (χ2n) is 6.29. The average molecular weight is 320 g/mol. The number of nitrogens with zero attached hydrogens (tertiary/aromatic N) is 4. The van der Waals surface area contributed by atoms with Crippen molar-refractivity contribution in [1.82, 2.24) is 25.3 Å². The first-order valence-electron chi connectivity index (χ1n) is 8.83. The van der Waals surface area contributed by atoms with Crippen molar-refractivity contribution in [2.45, 2.75) is 52.6 Å². The van der Waals surface area contributed by atoms with Crippen LogP contribution in [0.2, 0.25) is 0 Å². The Morgan fingerprint density at radius 3 is 2.65 bits per heavy atom. The van der Waals surface area contributed by atoms with Gasteiger partial charge in [0.25, 0.3) is 0 Å². The van der Waals surface area contributed by atoms with E-state index in [4.69, 9.17) is 0 Å². The molecule has 2 N–H and O–H groups in total. The second-order valence-corrected chi connectivity index (χ2v) is 6.29. The predicted octanol–water partition coefficient (Wildman–Crippen LogP) is 1.54. The van der Waals surface area contributed by atoms with Gasteiger partial charge in [-0.25, -0.2) is 0 Å². The van der Waals surface area contributed by atoms with Crippen molar-refractivity contribution in [3.8, 4) is 0 Å². The number of hydrogen-bond acceptors (Lipinski definition) is 3. The summed E-state index contributed by atoms with van der Waals surface area (Å²) >= 11 is 0. The number of guanidine groups is 1. The lowest BCUT2D eigenvalue weighted by molar-refractivity contribution is 0.282. The van der Waals surface area contributed by atoms with E-state index in [9.17, 15) is 0 Å². The zero-order valence-corrected chi connectivity index (χ0v) is 15.1. The number of aryl methyl sites for hydroxylation is 3. The summed E-state index contributed by atoms with van der Waals surface area (Å²) in [6.45, 7) is 11.4. The molecule has 1 fully saturated rings. The summed E-state index contributed by atoms with van der Waals surface area (Å²) in [5, 5.41) is 11.3. The van der Waals surface area contributed by atoms with Crippen LogP contribution in [0.4, 0.5) is 0 Å². The number of aliphatic imine (C=N–C) groups is 1. The zero-order chi connectivity index (χ0) is 16.7. The minimum atomic E-state index is 0.831. The molecule has 0 bridgehead atoms. The molecule has 0 radical (unpaired) electrons. The van der Waals surface area contributed by atoms with Crippen LogP contribution in [0.15, 0.2) is 11.1 Å². The number of likely N-dealkylation sites (N-methyl/N-ethyl adjacent to an activating group) is 1. The van der Waals surface area contributed by atoms with Gasteiger partial charge in [0.2, 0.25) is 0 Å². The van der Waals surface area contributed by atoms with Gasteiger partial charge >= 0.3 is 0 Å². The summed E-state index contributed by atoms with van der Waals surface area (Å²) in [7, 11) is 1.83. The highest BCUT2D eigenvalue weighted by molar-refractivity contribution is 5.79. The van der Waals surface area contributed by atoms with Crippen LogP contribution >= 0.6 is 0 Å². The van der Waals surface area contributed by atoms with E-state index in [1.807, 2.05) is 14.0 Å². The molecule has 0 aromatic carbocycles. The molecule has 1 heterocycles. The van der Waals surface area contributed by atoms with Gasteiger partial charge in [-0.1, -0.05) is 6.92 Å². The smallest absolute Gasteiger partial charge is 0.191 e. The Bertz CT molecular complexity index is 503. The van der Waals surface area contributed by atoms with Crippen molar-refractivity contribution in [2.24, 2.45) is 4.99 Å². The zero-order valence-electron chi connectivity index (χ0n) is 15.1. The van der Waals surface area contributed by atoms with Crippen molar-refractivity contribution in [3.63, 3.8) is 0 Å². The van der Waals surface area contributed by atoms with E-state index in [2.05, 4.69) is 50.2 Å². The predicted molar refractivity (Wildman–Crippen MR) is 96.0 cm³/mol. The molecule has 1 aliphatic rings. The summed E-state index contributed by atoms with van der Waals surface area (Å²) in [5.74, 6) is 0.894. The summed E-state index contributed by atoms with van der Waals surface area (Å²) in [5.41, 5.74) is 2.31. The average Bonchev–Trinajstić information content (AvgIpc) is 3.31. The second kappa shape index (κ2) is 8.91. The lowest BCUT2D eigenvalue weighted by atomic mass is 10.4. The minimum Gasteiger partial charge on any atom is -0.356 e. The van der Waals surface area contributed by atoms with Crippen LogP contribution in [0.1, 0.15) is 37.6 Å². The Morgan fingerprint density at radius 2 is 2.09 bits per heavy atom. The van der Waals surface area contributed by atoms with E-state index in [0.717, 1.165) is 56.8 Å². The molecule has 2 rings (SSSR count). The molecule has 1 saturated carbocycles. The molecule has 130 valence electrons. The Hall–Kier alpha value is -1.56. The molecule has 0 aliphatic heterocycles. The molecular weight excluding hydrogens is 288 g/mol. The third kappa shape index (κ3) is 5.86. The number of aromatic nitrogens is 2. The normalized spacial score (nSPS) is 15.3. The first-order chi connectivity index (χ1) is 11.1. The lowest BCUT2D eigenvalue weighted by Gasteiger charge is -2.20. The third-order valence-electron chi connectivity index (χ3n) is 4.33. The Kier molecular flexibility index (Phi) is 6.89. The van der Waals surface area contributed by atoms with Crippen molar-refractivity contribution in [3.05, 3.63) is 17.5 Å². The fraction of sp³-hybridized carbons (Fsp3) is 0.765. The summed E-state index contributed by atoms with van der Waals surface area (Å²) in [4.78, 5) is 6.84. The quantitative estimate of drug-likeness (QED) is 0.412. The monoisotopic (exact) mass is 320 g/mol. The van der Waals surface area contributed by atoms with Crippen LogP contribution in [0.3, 0.4) is 0 Å². The molecule has 23 heavy (non-hydrogen) atoms. The van der Waals surface area contributed by atoms with E-state index in [1.165, 1.54) is 18.5 Å². The van der Waals surface area contributed by atoms with Gasteiger partial charge in [0.05, 0.1) is 5.69 Å². The molecule has 0 unspecified atom stereocenters. The number of hydrogen-bond donors (Lipinski definition) is 2. The van der Waals surface area contributed by atoms with E-state index < -0.39 is 0 Å². The van der Waals surface area contributed by atoms with E-state index in [-0.39, 0.29) is 0 Å². The van der Waals surface area contributed by atoms with E-state index in [1.54, 1.807) is 0 Å². The molecule has 0 spiro atoms. The Morgan fingerprint density at radius 1 is 1.35 bits per heavy atom. The number of nitrogens with one attached hydrogen (secondary N) is 2. The first kappa shape index (κ1) is 17.8. The van der Waals surface area contributed by atoms with E-state index >= 15 is 0 Å². The van der Waals surface area contributed by atoms with Crippen LogP contribution < -0.4 is 10.6 Å². The van der Waals surface area contributed by atoms with Gasteiger partial charge in [0.15, 0.2) is 5.96 Å². The van der Waals surface area contributed by atoms with Gasteiger partial charge in [-0.3, -0.25) is 14.6 Å². The topological polar surface area (TPSA) is 57.5 Å². The maximum Gasteiger partial charge on any atom is 0.191 e. The molecule has 6 heteroatoms. The van der Waals surface area contributed by atoms with Crippen molar-refractivity contribution in [2.75, 3.05) is 33.2 Å². The van der Waals surface area contributed by atoms with Crippen LogP contribution in [-0.4, -0.2) is 59.9 Å². The standard InChI is InChI=1S/C17H32N6/c1-5-22(16-7-8-16)12-10-20-17(18-4)19-9-6-11-23-15(3)13-14(2)21-23/h13,16H,5-12H2,1-4H3,(H2,18,19,20). The highest BCUT2D eigenvalue weighted by Gasteiger charge is 2.27. The maximum absolute atomic E-state index is 4.49. The van der Waals surface area contributed by atoms with Gasteiger partial charge in [-0.15, -0.1) is 0 Å². The van der Waals surface area contributed by atoms with Crippen LogP contribution in [-0.2, 0) is 6.54 Å². The fourth-order valence-corrected chi connectivity index (χ4v) is 2.91. The fourth-order valence-electron chi connectivity index (χ4n) is 2.91. The summed E-state index contributed by atoms with van der Waals surface area (Å²) in [6, 6.07) is 2.95. The van der Waals surface area contributed by atoms with Crippen LogP contribution in [0, 0.1) is 13.8 Å². The van der Waals surface area contributed by atoms with E-state index in [0.29, 0.717) is 0 Å².